The van der Waals surface area contributed by atoms with Crippen LogP contribution in [0.5, 0.6) is 0 Å². The molecule has 1 aromatic carbocycles. The van der Waals surface area contributed by atoms with Crippen molar-refractivity contribution in [3.8, 4) is 0 Å². The fraction of sp³-hybridized carbons (Fsp3) is 0.389. The minimum Gasteiger partial charge on any atom is -0.450 e. The Labute approximate surface area is 150 Å². The van der Waals surface area contributed by atoms with Crippen LogP contribution in [-0.4, -0.2) is 35.0 Å². The summed E-state index contributed by atoms with van der Waals surface area (Å²) in [6.07, 6.45) is 0.367. The minimum absolute atomic E-state index is 0.158. The molecule has 2 heterocycles. The smallest absolute Gasteiger partial charge is 0.410 e. The van der Waals surface area contributed by atoms with Crippen LogP contribution in [0.25, 0.3) is 0 Å². The third-order valence-corrected chi connectivity index (χ3v) is 5.11. The van der Waals surface area contributed by atoms with Crippen molar-refractivity contribution in [3.63, 3.8) is 0 Å². The molecule has 132 valence electrons. The summed E-state index contributed by atoms with van der Waals surface area (Å²) in [4.78, 5) is 31.6. The number of aromatic nitrogens is 1. The zero-order chi connectivity index (χ0) is 18.0. The molecule has 2 amide bonds. The number of nitrogens with one attached hydrogen (secondary N) is 1. The third kappa shape index (κ3) is 3.82. The third-order valence-electron chi connectivity index (χ3n) is 4.12. The average Bonchev–Trinajstić information content (AvgIpc) is 2.98. The van der Waals surface area contributed by atoms with Crippen molar-refractivity contribution in [1.82, 2.24) is 9.88 Å². The van der Waals surface area contributed by atoms with Gasteiger partial charge in [0, 0.05) is 23.4 Å². The van der Waals surface area contributed by atoms with Gasteiger partial charge < -0.3 is 9.64 Å². The van der Waals surface area contributed by atoms with Gasteiger partial charge in [-0.1, -0.05) is 29.0 Å². The van der Waals surface area contributed by atoms with Gasteiger partial charge >= 0.3 is 6.09 Å². The number of rotatable bonds is 3. The van der Waals surface area contributed by atoms with E-state index < -0.39 is 0 Å². The highest BCUT2D eigenvalue weighted by atomic mass is 32.1. The molecule has 1 N–H and O–H groups in total. The van der Waals surface area contributed by atoms with Crippen LogP contribution in [0, 0.1) is 13.8 Å². The fourth-order valence-corrected chi connectivity index (χ4v) is 3.78. The molecule has 7 heteroatoms. The number of ether oxygens (including phenoxy) is 1. The Morgan fingerprint density at radius 3 is 2.92 bits per heavy atom. The first-order valence-electron chi connectivity index (χ1n) is 8.26. The van der Waals surface area contributed by atoms with Crippen molar-refractivity contribution in [1.29, 1.82) is 0 Å². The molecule has 1 aromatic heterocycles. The van der Waals surface area contributed by atoms with Crippen molar-refractivity contribution in [2.45, 2.75) is 33.7 Å². The van der Waals surface area contributed by atoms with Crippen LogP contribution in [0.2, 0.25) is 0 Å². The Morgan fingerprint density at radius 2 is 2.16 bits per heavy atom. The van der Waals surface area contributed by atoms with Crippen molar-refractivity contribution < 1.29 is 14.3 Å². The summed E-state index contributed by atoms with van der Waals surface area (Å²) < 4.78 is 5.05. The maximum atomic E-state index is 12.5. The number of carbonyl (C=O) groups excluding carboxylic acids is 2. The largest absolute Gasteiger partial charge is 0.450 e. The molecule has 3 rings (SSSR count). The van der Waals surface area contributed by atoms with Gasteiger partial charge in [-0.05, 0) is 32.4 Å². The van der Waals surface area contributed by atoms with E-state index in [1.807, 2.05) is 32.0 Å². The first-order chi connectivity index (χ1) is 12.0. The maximum absolute atomic E-state index is 12.5. The Morgan fingerprint density at radius 1 is 1.36 bits per heavy atom. The van der Waals surface area contributed by atoms with Crippen molar-refractivity contribution in [2.75, 3.05) is 18.5 Å². The SMILES string of the molecule is CCOC(=O)N1CCc2nc(NC(=O)c3cc(C)ccc3C)sc2C1. The first-order valence-corrected chi connectivity index (χ1v) is 9.08. The number of thiazole rings is 1. The molecule has 0 unspecified atom stereocenters. The average molecular weight is 359 g/mol. The lowest BCUT2D eigenvalue weighted by molar-refractivity contribution is 0.102. The summed E-state index contributed by atoms with van der Waals surface area (Å²) >= 11 is 1.42. The van der Waals surface area contributed by atoms with Gasteiger partial charge in [-0.3, -0.25) is 10.1 Å². The Kier molecular flexibility index (Phi) is 5.03. The maximum Gasteiger partial charge on any atom is 0.410 e. The first kappa shape index (κ1) is 17.4. The molecule has 0 aliphatic carbocycles. The number of anilines is 1. The van der Waals surface area contributed by atoms with Gasteiger partial charge in [0.25, 0.3) is 5.91 Å². The van der Waals surface area contributed by atoms with Gasteiger partial charge in [-0.25, -0.2) is 9.78 Å². The Bertz CT molecular complexity index is 816. The molecule has 0 radical (unpaired) electrons. The number of fused-ring (bicyclic) bond motifs is 1. The van der Waals surface area contributed by atoms with Crippen LogP contribution in [-0.2, 0) is 17.7 Å². The van der Waals surface area contributed by atoms with Crippen LogP contribution < -0.4 is 5.32 Å². The van der Waals surface area contributed by atoms with E-state index in [1.54, 1.807) is 11.8 Å². The van der Waals surface area contributed by atoms with Gasteiger partial charge in [0.05, 0.1) is 18.8 Å². The van der Waals surface area contributed by atoms with E-state index in [9.17, 15) is 9.59 Å². The molecule has 0 saturated carbocycles. The van der Waals surface area contributed by atoms with Gasteiger partial charge in [0.2, 0.25) is 0 Å². The van der Waals surface area contributed by atoms with Crippen LogP contribution in [0.4, 0.5) is 9.93 Å². The van der Waals surface area contributed by atoms with Gasteiger partial charge in [0.1, 0.15) is 0 Å². The molecule has 0 atom stereocenters. The number of aryl methyl sites for hydroxylation is 2. The lowest BCUT2D eigenvalue weighted by Crippen LogP contribution is -2.35. The van der Waals surface area contributed by atoms with Gasteiger partial charge in [-0.15, -0.1) is 0 Å². The van der Waals surface area contributed by atoms with E-state index >= 15 is 0 Å². The summed E-state index contributed by atoms with van der Waals surface area (Å²) in [6, 6.07) is 5.80. The predicted octanol–water partition coefficient (Wildman–Crippen LogP) is 3.53. The normalized spacial score (nSPS) is 13.3. The molecule has 2 aromatic rings. The number of hydrogen-bond acceptors (Lipinski definition) is 5. The number of amides is 2. The Hall–Kier alpha value is -2.41. The molecular formula is C18H21N3O3S. The quantitative estimate of drug-likeness (QED) is 0.910. The highest BCUT2D eigenvalue weighted by Crippen LogP contribution is 2.29. The second kappa shape index (κ2) is 7.23. The van der Waals surface area contributed by atoms with Crippen molar-refractivity contribution >= 4 is 28.5 Å². The molecule has 0 fully saturated rings. The number of benzene rings is 1. The second-order valence-corrected chi connectivity index (χ2v) is 7.12. The molecule has 1 aliphatic heterocycles. The molecule has 1 aliphatic rings. The summed E-state index contributed by atoms with van der Waals surface area (Å²) in [7, 11) is 0. The van der Waals surface area contributed by atoms with Crippen molar-refractivity contribution in [2.24, 2.45) is 0 Å². The molecule has 25 heavy (non-hydrogen) atoms. The molecule has 0 bridgehead atoms. The van der Waals surface area contributed by atoms with Crippen LogP contribution in [0.15, 0.2) is 18.2 Å². The standard InChI is InChI=1S/C18H21N3O3S/c1-4-24-18(23)21-8-7-14-15(10-21)25-17(19-14)20-16(22)13-9-11(2)5-6-12(13)3/h5-6,9H,4,7-8,10H2,1-3H3,(H,19,20,22). The monoisotopic (exact) mass is 359 g/mol. The van der Waals surface area contributed by atoms with E-state index in [-0.39, 0.29) is 12.0 Å². The highest BCUT2D eigenvalue weighted by molar-refractivity contribution is 7.15. The number of nitrogens with zero attached hydrogens (tertiary/aromatic N) is 2. The zero-order valence-corrected chi connectivity index (χ0v) is 15.4. The second-order valence-electron chi connectivity index (χ2n) is 6.03. The van der Waals surface area contributed by atoms with E-state index in [4.69, 9.17) is 4.74 Å². The molecule has 6 nitrogen and oxygen atoms in total. The highest BCUT2D eigenvalue weighted by Gasteiger charge is 2.25. The summed E-state index contributed by atoms with van der Waals surface area (Å²) in [5, 5.41) is 3.46. The lowest BCUT2D eigenvalue weighted by atomic mass is 10.1. The van der Waals surface area contributed by atoms with Gasteiger partial charge in [-0.2, -0.15) is 0 Å². The zero-order valence-electron chi connectivity index (χ0n) is 14.6. The molecular weight excluding hydrogens is 338 g/mol. The summed E-state index contributed by atoms with van der Waals surface area (Å²) in [5.74, 6) is -0.158. The fourth-order valence-electron chi connectivity index (χ4n) is 2.76. The van der Waals surface area contributed by atoms with E-state index in [2.05, 4.69) is 10.3 Å². The minimum atomic E-state index is -0.303. The van der Waals surface area contributed by atoms with E-state index in [1.165, 1.54) is 11.3 Å². The topological polar surface area (TPSA) is 71.5 Å². The van der Waals surface area contributed by atoms with Crippen molar-refractivity contribution in [3.05, 3.63) is 45.5 Å². The number of carbonyl (C=O) groups is 2. The van der Waals surface area contributed by atoms with Crippen LogP contribution in [0.3, 0.4) is 0 Å². The lowest BCUT2D eigenvalue weighted by Gasteiger charge is -2.24. The molecule has 0 spiro atoms. The van der Waals surface area contributed by atoms with E-state index in [0.29, 0.717) is 36.8 Å². The van der Waals surface area contributed by atoms with E-state index in [0.717, 1.165) is 21.7 Å². The van der Waals surface area contributed by atoms with Crippen LogP contribution >= 0.6 is 11.3 Å². The summed E-state index contributed by atoms with van der Waals surface area (Å²) in [6.45, 7) is 7.09. The molecule has 0 saturated heterocycles. The predicted molar refractivity (Wildman–Crippen MR) is 97.1 cm³/mol. The number of hydrogen-bond donors (Lipinski definition) is 1. The summed E-state index contributed by atoms with van der Waals surface area (Å²) in [5.41, 5.74) is 3.57. The van der Waals surface area contributed by atoms with Crippen LogP contribution in [0.1, 0.15) is 39.0 Å². The Balaban J connectivity index is 1.73. The van der Waals surface area contributed by atoms with Gasteiger partial charge in [0.15, 0.2) is 5.13 Å².